The number of hydrogen-bond donors (Lipinski definition) is 2. The summed E-state index contributed by atoms with van der Waals surface area (Å²) in [5, 5.41) is 22.1. The zero-order valence-electron chi connectivity index (χ0n) is 14.7. The first-order valence-electron chi connectivity index (χ1n) is 7.76. The van der Waals surface area contributed by atoms with Gasteiger partial charge < -0.3 is 19.5 Å². The molecular formula is C18H23BO5. The van der Waals surface area contributed by atoms with Gasteiger partial charge in [0.2, 0.25) is 0 Å². The minimum atomic E-state index is -1.25. The molecule has 2 N–H and O–H groups in total. The lowest BCUT2D eigenvalue weighted by atomic mass is 9.73. The van der Waals surface area contributed by atoms with Gasteiger partial charge in [0.25, 0.3) is 0 Å². The Labute approximate surface area is 142 Å². The van der Waals surface area contributed by atoms with Crippen molar-refractivity contribution in [3.8, 4) is 0 Å². The molecule has 0 aliphatic heterocycles. The van der Waals surface area contributed by atoms with Crippen molar-refractivity contribution in [2.45, 2.75) is 38.9 Å². The fourth-order valence-corrected chi connectivity index (χ4v) is 2.31. The van der Waals surface area contributed by atoms with E-state index in [0.29, 0.717) is 21.8 Å². The van der Waals surface area contributed by atoms with Crippen LogP contribution in [0, 0.1) is 0 Å². The number of ether oxygens (including phenoxy) is 1. The molecule has 0 unspecified atom stereocenters. The highest BCUT2D eigenvalue weighted by Crippen LogP contribution is 2.26. The van der Waals surface area contributed by atoms with Crippen LogP contribution in [0.15, 0.2) is 36.4 Å². The Hall–Kier alpha value is -1.89. The van der Waals surface area contributed by atoms with E-state index in [1.165, 1.54) is 7.11 Å². The lowest BCUT2D eigenvalue weighted by Gasteiger charge is -2.38. The third-order valence-electron chi connectivity index (χ3n) is 4.51. The Morgan fingerprint density at radius 3 is 2.17 bits per heavy atom. The van der Waals surface area contributed by atoms with E-state index < -0.39 is 24.3 Å². The van der Waals surface area contributed by atoms with E-state index in [1.807, 2.05) is 12.1 Å². The Kier molecular flexibility index (Phi) is 5.04. The Morgan fingerprint density at radius 1 is 1.04 bits per heavy atom. The zero-order valence-corrected chi connectivity index (χ0v) is 14.7. The van der Waals surface area contributed by atoms with E-state index in [1.54, 1.807) is 52.0 Å². The molecule has 0 heterocycles. The first-order chi connectivity index (χ1) is 11.1. The summed E-state index contributed by atoms with van der Waals surface area (Å²) in [5.41, 5.74) is -1.18. The second kappa shape index (κ2) is 6.55. The highest BCUT2D eigenvalue weighted by Gasteiger charge is 2.40. The highest BCUT2D eigenvalue weighted by atomic mass is 16.5. The lowest BCUT2D eigenvalue weighted by Crippen LogP contribution is -2.53. The number of carbonyl (C=O) groups is 1. The van der Waals surface area contributed by atoms with Gasteiger partial charge in [0.1, 0.15) is 0 Å². The number of hydrogen-bond acceptors (Lipinski definition) is 5. The largest absolute Gasteiger partial charge is 0.492 e. The van der Waals surface area contributed by atoms with Gasteiger partial charge in [-0.1, -0.05) is 30.3 Å². The number of carbonyl (C=O) groups excluding carboxylic acids is 1. The molecule has 2 aromatic carbocycles. The van der Waals surface area contributed by atoms with Crippen molar-refractivity contribution in [3.05, 3.63) is 42.0 Å². The van der Waals surface area contributed by atoms with Crippen LogP contribution in [0.5, 0.6) is 0 Å². The molecule has 0 saturated heterocycles. The van der Waals surface area contributed by atoms with Crippen molar-refractivity contribution < 1.29 is 24.3 Å². The van der Waals surface area contributed by atoms with Crippen LogP contribution in [-0.4, -0.2) is 41.5 Å². The molecule has 0 bridgehead atoms. The molecule has 0 aromatic heterocycles. The van der Waals surface area contributed by atoms with Gasteiger partial charge in [-0.05, 0) is 50.0 Å². The molecule has 2 rings (SSSR count). The molecular weight excluding hydrogens is 307 g/mol. The minimum Gasteiger partial charge on any atom is -0.465 e. The molecule has 0 radical (unpaired) electrons. The maximum atomic E-state index is 11.9. The molecule has 5 nitrogen and oxygen atoms in total. The quantitative estimate of drug-likeness (QED) is 0.647. The average Bonchev–Trinajstić information content (AvgIpc) is 2.51. The molecule has 0 aliphatic carbocycles. The SMILES string of the molecule is COC(=O)c1ccc(B(O)OC(C)(C)C(C)(C)O)c2ccccc12. The average molecular weight is 330 g/mol. The van der Waals surface area contributed by atoms with E-state index in [2.05, 4.69) is 0 Å². The van der Waals surface area contributed by atoms with Gasteiger partial charge >= 0.3 is 13.1 Å². The van der Waals surface area contributed by atoms with E-state index in [4.69, 9.17) is 9.39 Å². The van der Waals surface area contributed by atoms with Gasteiger partial charge in [-0.2, -0.15) is 0 Å². The molecule has 0 amide bonds. The summed E-state index contributed by atoms with van der Waals surface area (Å²) in [7, 11) is 0.0810. The number of fused-ring (bicyclic) bond motifs is 1. The number of esters is 1. The van der Waals surface area contributed by atoms with Crippen molar-refractivity contribution in [1.82, 2.24) is 0 Å². The smallest absolute Gasteiger partial charge is 0.465 e. The van der Waals surface area contributed by atoms with Crippen LogP contribution in [0.2, 0.25) is 0 Å². The van der Waals surface area contributed by atoms with Crippen LogP contribution in [0.1, 0.15) is 38.1 Å². The van der Waals surface area contributed by atoms with Crippen LogP contribution < -0.4 is 5.46 Å². The molecule has 6 heteroatoms. The van der Waals surface area contributed by atoms with Gasteiger partial charge in [0.15, 0.2) is 0 Å². The number of methoxy groups -OCH3 is 1. The van der Waals surface area contributed by atoms with Crippen molar-refractivity contribution >= 4 is 29.3 Å². The van der Waals surface area contributed by atoms with Gasteiger partial charge in [-0.3, -0.25) is 0 Å². The molecule has 2 aromatic rings. The monoisotopic (exact) mass is 330 g/mol. The summed E-state index contributed by atoms with van der Waals surface area (Å²) in [4.78, 5) is 11.9. The Balaban J connectivity index is 2.49. The molecule has 0 saturated carbocycles. The summed E-state index contributed by atoms with van der Waals surface area (Å²) in [6.45, 7) is 6.67. The first kappa shape index (κ1) is 18.5. The molecule has 0 spiro atoms. The topological polar surface area (TPSA) is 76.0 Å². The van der Waals surface area contributed by atoms with E-state index in [0.717, 1.165) is 0 Å². The van der Waals surface area contributed by atoms with E-state index in [9.17, 15) is 14.9 Å². The van der Waals surface area contributed by atoms with Crippen LogP contribution in [0.3, 0.4) is 0 Å². The maximum absolute atomic E-state index is 11.9. The molecule has 0 fully saturated rings. The van der Waals surface area contributed by atoms with Crippen LogP contribution in [0.25, 0.3) is 10.8 Å². The molecule has 0 aliphatic rings. The summed E-state index contributed by atoms with van der Waals surface area (Å²) in [6.07, 6.45) is 0. The fourth-order valence-electron chi connectivity index (χ4n) is 2.31. The molecule has 0 atom stereocenters. The van der Waals surface area contributed by atoms with Crippen LogP contribution in [0.4, 0.5) is 0 Å². The van der Waals surface area contributed by atoms with Gasteiger partial charge in [0, 0.05) is 0 Å². The number of rotatable bonds is 5. The van der Waals surface area contributed by atoms with E-state index in [-0.39, 0.29) is 0 Å². The van der Waals surface area contributed by atoms with Crippen molar-refractivity contribution in [1.29, 1.82) is 0 Å². The van der Waals surface area contributed by atoms with Crippen molar-refractivity contribution in [2.75, 3.05) is 7.11 Å². The summed E-state index contributed by atoms with van der Waals surface area (Å²) >= 11 is 0. The minimum absolute atomic E-state index is 0.422. The van der Waals surface area contributed by atoms with Crippen molar-refractivity contribution in [2.24, 2.45) is 0 Å². The van der Waals surface area contributed by atoms with Gasteiger partial charge in [0.05, 0.1) is 23.9 Å². The highest BCUT2D eigenvalue weighted by molar-refractivity contribution is 6.63. The maximum Gasteiger partial charge on any atom is 0.492 e. The third-order valence-corrected chi connectivity index (χ3v) is 4.51. The summed E-state index contributed by atoms with van der Waals surface area (Å²) in [6, 6.07) is 10.5. The third kappa shape index (κ3) is 3.46. The predicted molar refractivity (Wildman–Crippen MR) is 94.4 cm³/mol. The zero-order chi connectivity index (χ0) is 18.1. The summed E-state index contributed by atoms with van der Waals surface area (Å²) in [5.74, 6) is -0.440. The standard InChI is InChI=1S/C18H23BO5/c1-17(2,21)18(3,4)24-19(22)15-11-10-14(16(20)23-5)12-8-6-7-9-13(12)15/h6-11,21-22H,1-5H3. The first-order valence-corrected chi connectivity index (χ1v) is 7.76. The Morgan fingerprint density at radius 2 is 1.62 bits per heavy atom. The van der Waals surface area contributed by atoms with Crippen LogP contribution in [-0.2, 0) is 9.39 Å². The van der Waals surface area contributed by atoms with Crippen LogP contribution >= 0.6 is 0 Å². The number of benzene rings is 2. The number of aliphatic hydroxyl groups is 1. The molecule has 24 heavy (non-hydrogen) atoms. The molecule has 128 valence electrons. The fraction of sp³-hybridized carbons (Fsp3) is 0.389. The normalized spacial score (nSPS) is 12.3. The predicted octanol–water partition coefficient (Wildman–Crippen LogP) is 1.88. The lowest BCUT2D eigenvalue weighted by molar-refractivity contribution is -0.0982. The van der Waals surface area contributed by atoms with Crippen molar-refractivity contribution in [3.63, 3.8) is 0 Å². The second-order valence-electron chi connectivity index (χ2n) is 6.78. The second-order valence-corrected chi connectivity index (χ2v) is 6.78. The Bertz CT molecular complexity index is 749. The van der Waals surface area contributed by atoms with E-state index >= 15 is 0 Å². The van der Waals surface area contributed by atoms with Gasteiger partial charge in [-0.15, -0.1) is 0 Å². The summed E-state index contributed by atoms with van der Waals surface area (Å²) < 4.78 is 10.5. The van der Waals surface area contributed by atoms with Gasteiger partial charge in [-0.25, -0.2) is 4.79 Å².